The van der Waals surface area contributed by atoms with E-state index in [9.17, 15) is 0 Å². The lowest BCUT2D eigenvalue weighted by Gasteiger charge is -2.24. The van der Waals surface area contributed by atoms with Crippen LogP contribution in [0.2, 0.25) is 10.0 Å². The highest BCUT2D eigenvalue weighted by Gasteiger charge is 2.29. The summed E-state index contributed by atoms with van der Waals surface area (Å²) in [7, 11) is 0. The molecule has 21 heavy (non-hydrogen) atoms. The number of hydrogen-bond donors (Lipinski definition) is 1. The van der Waals surface area contributed by atoms with Crippen LogP contribution in [0.15, 0.2) is 18.2 Å². The zero-order valence-electron chi connectivity index (χ0n) is 13.3. The van der Waals surface area contributed by atoms with Gasteiger partial charge in [0.25, 0.3) is 0 Å². The van der Waals surface area contributed by atoms with Crippen LogP contribution in [0.1, 0.15) is 45.2 Å². The predicted molar refractivity (Wildman–Crippen MR) is 92.3 cm³/mol. The largest absolute Gasteiger partial charge is 0.310 e. The molecule has 1 atom stereocenters. The fourth-order valence-electron chi connectivity index (χ4n) is 3.13. The van der Waals surface area contributed by atoms with Crippen molar-refractivity contribution in [3.05, 3.63) is 33.8 Å². The summed E-state index contributed by atoms with van der Waals surface area (Å²) < 4.78 is 0. The maximum Gasteiger partial charge on any atom is 0.0640 e. The Bertz CT molecular complexity index is 474. The Hall–Kier alpha value is -0.280. The Morgan fingerprint density at radius 3 is 2.71 bits per heavy atom. The molecule has 1 N–H and O–H groups in total. The smallest absolute Gasteiger partial charge is 0.0640 e. The van der Waals surface area contributed by atoms with Crippen molar-refractivity contribution < 1.29 is 0 Å². The number of nitrogens with zero attached hydrogens (tertiary/aromatic N) is 1. The van der Waals surface area contributed by atoms with Gasteiger partial charge in [0.15, 0.2) is 0 Å². The minimum absolute atomic E-state index is 0.268. The molecule has 2 rings (SSSR count). The Labute approximate surface area is 138 Å². The van der Waals surface area contributed by atoms with Crippen molar-refractivity contribution in [3.63, 3.8) is 0 Å². The number of nitrogens with one attached hydrogen (secondary N) is 1. The number of hydrogen-bond acceptors (Lipinski definition) is 2. The van der Waals surface area contributed by atoms with E-state index < -0.39 is 0 Å². The first-order valence-corrected chi connectivity index (χ1v) is 8.58. The third-order valence-corrected chi connectivity index (χ3v) is 5.13. The summed E-state index contributed by atoms with van der Waals surface area (Å²) in [4.78, 5) is 2.56. The van der Waals surface area contributed by atoms with Gasteiger partial charge in [0, 0.05) is 12.6 Å². The van der Waals surface area contributed by atoms with Crippen LogP contribution in [0.3, 0.4) is 0 Å². The van der Waals surface area contributed by atoms with Gasteiger partial charge < -0.3 is 10.2 Å². The van der Waals surface area contributed by atoms with Gasteiger partial charge >= 0.3 is 0 Å². The molecule has 1 aromatic rings. The van der Waals surface area contributed by atoms with E-state index in [0.29, 0.717) is 15.5 Å². The molecule has 2 nitrogen and oxygen atoms in total. The average molecular weight is 329 g/mol. The van der Waals surface area contributed by atoms with Gasteiger partial charge in [-0.1, -0.05) is 56.1 Å². The molecule has 118 valence electrons. The molecule has 0 bridgehead atoms. The highest BCUT2D eigenvalue weighted by atomic mass is 35.5. The molecular weight excluding hydrogens is 303 g/mol. The second kappa shape index (κ2) is 7.32. The molecule has 1 fully saturated rings. The number of halogens is 2. The van der Waals surface area contributed by atoms with Crippen LogP contribution in [-0.4, -0.2) is 31.1 Å². The molecule has 0 saturated carbocycles. The van der Waals surface area contributed by atoms with Crippen LogP contribution in [0.5, 0.6) is 0 Å². The summed E-state index contributed by atoms with van der Waals surface area (Å²) in [5, 5.41) is 4.87. The SMILES string of the molecule is CCNC(CCN1CCC(C)(C)C1)c1cccc(Cl)c1Cl. The molecule has 1 aliphatic heterocycles. The molecule has 1 heterocycles. The fourth-order valence-corrected chi connectivity index (χ4v) is 3.57. The van der Waals surface area contributed by atoms with E-state index in [1.807, 2.05) is 12.1 Å². The first-order valence-electron chi connectivity index (χ1n) is 7.82. The van der Waals surface area contributed by atoms with Crippen LogP contribution in [0, 0.1) is 5.41 Å². The van der Waals surface area contributed by atoms with Crippen molar-refractivity contribution in [2.45, 2.75) is 39.7 Å². The molecule has 0 radical (unpaired) electrons. The summed E-state index contributed by atoms with van der Waals surface area (Å²) in [5.41, 5.74) is 1.57. The third kappa shape index (κ3) is 4.59. The zero-order valence-corrected chi connectivity index (χ0v) is 14.8. The Morgan fingerprint density at radius 2 is 2.10 bits per heavy atom. The Morgan fingerprint density at radius 1 is 1.33 bits per heavy atom. The Kier molecular flexibility index (Phi) is 5.96. The van der Waals surface area contributed by atoms with Gasteiger partial charge in [-0.05, 0) is 49.5 Å². The molecule has 1 saturated heterocycles. The highest BCUT2D eigenvalue weighted by Crippen LogP contribution is 2.33. The predicted octanol–water partition coefficient (Wildman–Crippen LogP) is 4.77. The topological polar surface area (TPSA) is 15.3 Å². The first-order chi connectivity index (χ1) is 9.93. The minimum atomic E-state index is 0.268. The lowest BCUT2D eigenvalue weighted by atomic mass is 9.93. The highest BCUT2D eigenvalue weighted by molar-refractivity contribution is 6.42. The lowest BCUT2D eigenvalue weighted by Crippen LogP contribution is -2.29. The standard InChI is InChI=1S/C17H26Cl2N2/c1-4-20-15(13-6-5-7-14(18)16(13)19)8-10-21-11-9-17(2,3)12-21/h5-7,15,20H,4,8-12H2,1-3H3. The van der Waals surface area contributed by atoms with Crippen molar-refractivity contribution in [2.75, 3.05) is 26.2 Å². The second-order valence-corrected chi connectivity index (χ2v) is 7.52. The normalized spacial score (nSPS) is 19.9. The van der Waals surface area contributed by atoms with Crippen LogP contribution in [0.4, 0.5) is 0 Å². The quantitative estimate of drug-likeness (QED) is 0.809. The van der Waals surface area contributed by atoms with E-state index in [1.165, 1.54) is 19.5 Å². The van der Waals surface area contributed by atoms with Crippen LogP contribution < -0.4 is 5.32 Å². The van der Waals surface area contributed by atoms with Gasteiger partial charge in [-0.25, -0.2) is 0 Å². The van der Waals surface area contributed by atoms with Gasteiger partial charge in [0.05, 0.1) is 10.0 Å². The van der Waals surface area contributed by atoms with Crippen molar-refractivity contribution in [1.82, 2.24) is 10.2 Å². The molecule has 1 aromatic carbocycles. The van der Waals surface area contributed by atoms with Crippen molar-refractivity contribution >= 4 is 23.2 Å². The van der Waals surface area contributed by atoms with Gasteiger partial charge in [-0.15, -0.1) is 0 Å². The second-order valence-electron chi connectivity index (χ2n) is 6.73. The van der Waals surface area contributed by atoms with Crippen molar-refractivity contribution in [3.8, 4) is 0 Å². The fraction of sp³-hybridized carbons (Fsp3) is 0.647. The number of rotatable bonds is 6. The van der Waals surface area contributed by atoms with E-state index in [2.05, 4.69) is 37.1 Å². The number of benzene rings is 1. The van der Waals surface area contributed by atoms with Gasteiger partial charge in [-0.2, -0.15) is 0 Å². The van der Waals surface area contributed by atoms with Crippen LogP contribution >= 0.6 is 23.2 Å². The minimum Gasteiger partial charge on any atom is -0.310 e. The zero-order chi connectivity index (χ0) is 15.5. The van der Waals surface area contributed by atoms with Crippen LogP contribution in [0.25, 0.3) is 0 Å². The molecule has 0 amide bonds. The Balaban J connectivity index is 2.01. The molecule has 1 aliphatic rings. The molecule has 0 aliphatic carbocycles. The molecule has 0 aromatic heterocycles. The van der Waals surface area contributed by atoms with Crippen LogP contribution in [-0.2, 0) is 0 Å². The summed E-state index contributed by atoms with van der Waals surface area (Å²) in [6, 6.07) is 6.17. The summed E-state index contributed by atoms with van der Waals surface area (Å²) in [6.07, 6.45) is 2.35. The first kappa shape index (κ1) is 17.1. The van der Waals surface area contributed by atoms with Gasteiger partial charge in [0.1, 0.15) is 0 Å². The van der Waals surface area contributed by atoms with Crippen molar-refractivity contribution in [2.24, 2.45) is 5.41 Å². The van der Waals surface area contributed by atoms with E-state index in [-0.39, 0.29) is 6.04 Å². The van der Waals surface area contributed by atoms with E-state index in [1.54, 1.807) is 0 Å². The lowest BCUT2D eigenvalue weighted by molar-refractivity contribution is 0.275. The summed E-state index contributed by atoms with van der Waals surface area (Å²) in [6.45, 7) is 11.3. The van der Waals surface area contributed by atoms with E-state index in [0.717, 1.165) is 25.1 Å². The summed E-state index contributed by atoms with van der Waals surface area (Å²) in [5.74, 6) is 0. The van der Waals surface area contributed by atoms with Gasteiger partial charge in [-0.3, -0.25) is 0 Å². The molecule has 4 heteroatoms. The maximum absolute atomic E-state index is 6.38. The molecule has 0 spiro atoms. The van der Waals surface area contributed by atoms with E-state index >= 15 is 0 Å². The van der Waals surface area contributed by atoms with Gasteiger partial charge in [0.2, 0.25) is 0 Å². The average Bonchev–Trinajstić information content (AvgIpc) is 2.78. The molecular formula is C17H26Cl2N2. The maximum atomic E-state index is 6.38. The van der Waals surface area contributed by atoms with E-state index in [4.69, 9.17) is 23.2 Å². The van der Waals surface area contributed by atoms with Crippen molar-refractivity contribution in [1.29, 1.82) is 0 Å². The number of likely N-dealkylation sites (tertiary alicyclic amines) is 1. The molecule has 1 unspecified atom stereocenters. The summed E-state index contributed by atoms with van der Waals surface area (Å²) >= 11 is 12.5. The third-order valence-electron chi connectivity index (χ3n) is 4.30. The monoisotopic (exact) mass is 328 g/mol.